The van der Waals surface area contributed by atoms with E-state index in [2.05, 4.69) is 32.2 Å². The fourth-order valence-electron chi connectivity index (χ4n) is 0.775. The zero-order valence-electron chi connectivity index (χ0n) is 6.52. The van der Waals surface area contributed by atoms with Gasteiger partial charge in [-0.3, -0.25) is 0 Å². The van der Waals surface area contributed by atoms with Crippen molar-refractivity contribution in [3.05, 3.63) is 6.54 Å². The monoisotopic (exact) mass is 114 g/mol. The van der Waals surface area contributed by atoms with Gasteiger partial charge < -0.3 is 4.90 Å². The third-order valence-corrected chi connectivity index (χ3v) is 0.645. The summed E-state index contributed by atoms with van der Waals surface area (Å²) in [7, 11) is 4.09. The Bertz CT molecular complexity index is 59.3. The van der Waals surface area contributed by atoms with E-state index in [1.165, 1.54) is 0 Å². The Balaban J connectivity index is 3.39. The van der Waals surface area contributed by atoms with Gasteiger partial charge in [0, 0.05) is 6.54 Å². The van der Waals surface area contributed by atoms with Gasteiger partial charge in [-0.25, -0.2) is 0 Å². The highest BCUT2D eigenvalue weighted by molar-refractivity contribution is 4.76. The van der Waals surface area contributed by atoms with E-state index >= 15 is 0 Å². The fraction of sp³-hybridized carbons (Fsp3) is 0.857. The second kappa shape index (κ2) is 2.49. The molecule has 0 aliphatic rings. The van der Waals surface area contributed by atoms with E-state index in [1.54, 1.807) is 0 Å². The molecule has 0 aliphatic heterocycles. The van der Waals surface area contributed by atoms with Crippen LogP contribution in [0.2, 0.25) is 0 Å². The maximum absolute atomic E-state index is 2.19. The van der Waals surface area contributed by atoms with Crippen LogP contribution in [0.4, 0.5) is 0 Å². The molecule has 0 aromatic rings. The molecule has 8 heavy (non-hydrogen) atoms. The standard InChI is InChI=1S/C7H16N/c1-7(2,3)6-8(4)5/h6H,1-5H3. The van der Waals surface area contributed by atoms with Crippen molar-refractivity contribution in [2.24, 2.45) is 5.41 Å². The summed E-state index contributed by atoms with van der Waals surface area (Å²) < 4.78 is 0. The predicted molar refractivity (Wildman–Crippen MR) is 37.4 cm³/mol. The van der Waals surface area contributed by atoms with Gasteiger partial charge in [-0.1, -0.05) is 20.8 Å². The lowest BCUT2D eigenvalue weighted by atomic mass is 9.97. The molecular formula is C7H16N. The van der Waals surface area contributed by atoms with Gasteiger partial charge in [0.15, 0.2) is 0 Å². The van der Waals surface area contributed by atoms with E-state index in [4.69, 9.17) is 0 Å². The van der Waals surface area contributed by atoms with Crippen molar-refractivity contribution in [3.8, 4) is 0 Å². The first kappa shape index (κ1) is 7.96. The van der Waals surface area contributed by atoms with Crippen molar-refractivity contribution < 1.29 is 0 Å². The number of nitrogens with zero attached hydrogens (tertiary/aromatic N) is 1. The molecule has 1 heteroatoms. The summed E-state index contributed by atoms with van der Waals surface area (Å²) in [6, 6.07) is 0. The molecule has 1 radical (unpaired) electrons. The zero-order valence-corrected chi connectivity index (χ0v) is 6.52. The SMILES string of the molecule is CN(C)[CH]C(C)(C)C. The first-order valence-corrected chi connectivity index (χ1v) is 2.94. The Morgan fingerprint density at radius 1 is 1.12 bits per heavy atom. The van der Waals surface area contributed by atoms with E-state index in [9.17, 15) is 0 Å². The average molecular weight is 114 g/mol. The Kier molecular flexibility index (Phi) is 2.48. The van der Waals surface area contributed by atoms with E-state index in [0.717, 1.165) is 0 Å². The Labute approximate surface area is 52.7 Å². The summed E-state index contributed by atoms with van der Waals surface area (Å²) in [4.78, 5) is 2.08. The maximum atomic E-state index is 2.19. The van der Waals surface area contributed by atoms with Gasteiger partial charge in [-0.2, -0.15) is 0 Å². The molecule has 0 aliphatic carbocycles. The molecular weight excluding hydrogens is 98.1 g/mol. The summed E-state index contributed by atoms with van der Waals surface area (Å²) in [6.07, 6.45) is 0. The zero-order chi connectivity index (χ0) is 6.78. The van der Waals surface area contributed by atoms with Crippen molar-refractivity contribution in [3.63, 3.8) is 0 Å². The lowest BCUT2D eigenvalue weighted by Gasteiger charge is -2.21. The molecule has 0 bridgehead atoms. The highest BCUT2D eigenvalue weighted by Crippen LogP contribution is 2.17. The Morgan fingerprint density at radius 3 is 1.50 bits per heavy atom. The first-order valence-electron chi connectivity index (χ1n) is 2.94. The van der Waals surface area contributed by atoms with E-state index in [1.807, 2.05) is 14.1 Å². The van der Waals surface area contributed by atoms with Crippen molar-refractivity contribution in [1.29, 1.82) is 0 Å². The van der Waals surface area contributed by atoms with Crippen LogP contribution in [-0.4, -0.2) is 19.0 Å². The molecule has 0 fully saturated rings. The van der Waals surface area contributed by atoms with Gasteiger partial charge in [0.1, 0.15) is 0 Å². The molecule has 0 aromatic heterocycles. The minimum absolute atomic E-state index is 0.323. The lowest BCUT2D eigenvalue weighted by molar-refractivity contribution is 0.341. The molecule has 49 valence electrons. The summed E-state index contributed by atoms with van der Waals surface area (Å²) in [5.41, 5.74) is 0.323. The number of rotatable bonds is 1. The quantitative estimate of drug-likeness (QED) is 0.502. The largest absolute Gasteiger partial charge is 0.304 e. The first-order chi connectivity index (χ1) is 3.42. The summed E-state index contributed by atoms with van der Waals surface area (Å²) >= 11 is 0. The van der Waals surface area contributed by atoms with Gasteiger partial charge >= 0.3 is 0 Å². The molecule has 0 rings (SSSR count). The topological polar surface area (TPSA) is 3.24 Å². The second-order valence-electron chi connectivity index (χ2n) is 3.46. The molecule has 0 amide bonds. The molecule has 0 aromatic carbocycles. The third-order valence-electron chi connectivity index (χ3n) is 0.645. The summed E-state index contributed by atoms with van der Waals surface area (Å²) in [6.45, 7) is 8.75. The summed E-state index contributed by atoms with van der Waals surface area (Å²) in [5.74, 6) is 0. The molecule has 0 spiro atoms. The van der Waals surface area contributed by atoms with Crippen molar-refractivity contribution in [1.82, 2.24) is 4.90 Å². The predicted octanol–water partition coefficient (Wildman–Crippen LogP) is 1.76. The van der Waals surface area contributed by atoms with Gasteiger partial charge in [0.25, 0.3) is 0 Å². The van der Waals surface area contributed by atoms with Gasteiger partial charge in [-0.15, -0.1) is 0 Å². The van der Waals surface area contributed by atoms with Crippen LogP contribution in [0, 0.1) is 12.0 Å². The minimum atomic E-state index is 0.323. The van der Waals surface area contributed by atoms with Crippen LogP contribution in [0.1, 0.15) is 20.8 Å². The van der Waals surface area contributed by atoms with Crippen LogP contribution in [0.5, 0.6) is 0 Å². The molecule has 0 atom stereocenters. The van der Waals surface area contributed by atoms with Crippen LogP contribution < -0.4 is 0 Å². The molecule has 0 unspecified atom stereocenters. The van der Waals surface area contributed by atoms with E-state index in [0.29, 0.717) is 5.41 Å². The Morgan fingerprint density at radius 2 is 1.50 bits per heavy atom. The smallest absolute Gasteiger partial charge is 0.0298 e. The molecule has 0 heterocycles. The number of hydrogen-bond acceptors (Lipinski definition) is 1. The summed E-state index contributed by atoms with van der Waals surface area (Å²) in [5, 5.41) is 0. The lowest BCUT2D eigenvalue weighted by Crippen LogP contribution is -2.19. The number of hydrogen-bond donors (Lipinski definition) is 0. The maximum Gasteiger partial charge on any atom is 0.0298 e. The van der Waals surface area contributed by atoms with Crippen molar-refractivity contribution in [2.45, 2.75) is 20.8 Å². The fourth-order valence-corrected chi connectivity index (χ4v) is 0.775. The van der Waals surface area contributed by atoms with Crippen LogP contribution in [0.3, 0.4) is 0 Å². The van der Waals surface area contributed by atoms with Crippen molar-refractivity contribution in [2.75, 3.05) is 14.1 Å². The van der Waals surface area contributed by atoms with Crippen LogP contribution in [-0.2, 0) is 0 Å². The Hall–Kier alpha value is -0.0400. The minimum Gasteiger partial charge on any atom is -0.304 e. The third kappa shape index (κ3) is 5.96. The van der Waals surface area contributed by atoms with Crippen LogP contribution in [0.25, 0.3) is 0 Å². The highest BCUT2D eigenvalue weighted by atomic mass is 15.1. The van der Waals surface area contributed by atoms with Gasteiger partial charge in [0.05, 0.1) is 0 Å². The molecule has 0 saturated heterocycles. The highest BCUT2D eigenvalue weighted by Gasteiger charge is 2.10. The van der Waals surface area contributed by atoms with Gasteiger partial charge in [-0.05, 0) is 19.5 Å². The normalized spacial score (nSPS) is 12.8. The average Bonchev–Trinajstić information content (AvgIpc) is 1.21. The molecule has 0 saturated carbocycles. The van der Waals surface area contributed by atoms with E-state index in [-0.39, 0.29) is 0 Å². The second-order valence-corrected chi connectivity index (χ2v) is 3.46. The molecule has 1 nitrogen and oxygen atoms in total. The van der Waals surface area contributed by atoms with Gasteiger partial charge in [0.2, 0.25) is 0 Å². The van der Waals surface area contributed by atoms with Crippen molar-refractivity contribution >= 4 is 0 Å². The van der Waals surface area contributed by atoms with Crippen LogP contribution in [0.15, 0.2) is 0 Å². The van der Waals surface area contributed by atoms with Crippen LogP contribution >= 0.6 is 0 Å². The molecule has 0 N–H and O–H groups in total. The van der Waals surface area contributed by atoms with E-state index < -0.39 is 0 Å².